The van der Waals surface area contributed by atoms with Crippen LogP contribution in [0.2, 0.25) is 0 Å². The Labute approximate surface area is 174 Å². The number of rotatable bonds is 5. The van der Waals surface area contributed by atoms with E-state index in [0.29, 0.717) is 11.5 Å². The van der Waals surface area contributed by atoms with Gasteiger partial charge in [0, 0.05) is 37.2 Å². The van der Waals surface area contributed by atoms with Crippen LogP contribution in [0.5, 0.6) is 0 Å². The van der Waals surface area contributed by atoms with E-state index in [4.69, 9.17) is 0 Å². The van der Waals surface area contributed by atoms with Crippen LogP contribution in [-0.2, 0) is 0 Å². The van der Waals surface area contributed by atoms with Crippen LogP contribution in [0.4, 0.5) is 17.3 Å². The summed E-state index contributed by atoms with van der Waals surface area (Å²) >= 11 is 0. The summed E-state index contributed by atoms with van der Waals surface area (Å²) in [7, 11) is 3.88. The predicted molar refractivity (Wildman–Crippen MR) is 116 cm³/mol. The van der Waals surface area contributed by atoms with Crippen LogP contribution >= 0.6 is 0 Å². The third-order valence-corrected chi connectivity index (χ3v) is 4.51. The van der Waals surface area contributed by atoms with Gasteiger partial charge in [-0.05, 0) is 55.5 Å². The topological polar surface area (TPSA) is 95.5 Å². The second kappa shape index (κ2) is 8.01. The average molecular weight is 396 g/mol. The number of hydrogen-bond acceptors (Lipinski definition) is 7. The Hall–Kier alpha value is -4.25. The van der Waals surface area contributed by atoms with Gasteiger partial charge >= 0.3 is 0 Å². The van der Waals surface area contributed by atoms with Gasteiger partial charge in [0.15, 0.2) is 0 Å². The van der Waals surface area contributed by atoms with Crippen LogP contribution in [0.15, 0.2) is 61.1 Å². The first-order valence-corrected chi connectivity index (χ1v) is 9.33. The standard InChI is InChI=1S/C22H20N8/c1-15-25-14-30(28-15)19-6-4-18(5-7-19)26-22-24-9-8-21(27-22)17-10-16(13-23)11-20(12-17)29(2)3/h4-12,14H,1-3H3,(H,24,26,27). The molecule has 0 radical (unpaired) electrons. The Balaban J connectivity index is 1.58. The van der Waals surface area contributed by atoms with Crippen molar-refractivity contribution < 1.29 is 0 Å². The molecule has 0 saturated heterocycles. The van der Waals surface area contributed by atoms with Gasteiger partial charge in [0.05, 0.1) is 23.0 Å². The number of nitrogens with zero attached hydrogens (tertiary/aromatic N) is 7. The van der Waals surface area contributed by atoms with E-state index >= 15 is 0 Å². The quantitative estimate of drug-likeness (QED) is 0.549. The van der Waals surface area contributed by atoms with Gasteiger partial charge < -0.3 is 10.2 Å². The third-order valence-electron chi connectivity index (χ3n) is 4.51. The van der Waals surface area contributed by atoms with Crippen molar-refractivity contribution in [3.05, 3.63) is 72.4 Å². The van der Waals surface area contributed by atoms with Gasteiger partial charge in [0.25, 0.3) is 0 Å². The van der Waals surface area contributed by atoms with E-state index in [-0.39, 0.29) is 0 Å². The van der Waals surface area contributed by atoms with E-state index in [0.717, 1.165) is 34.1 Å². The largest absolute Gasteiger partial charge is 0.378 e. The average Bonchev–Trinajstić information content (AvgIpc) is 3.20. The lowest BCUT2D eigenvalue weighted by Crippen LogP contribution is -2.09. The van der Waals surface area contributed by atoms with Crippen molar-refractivity contribution in [1.29, 1.82) is 5.26 Å². The maximum atomic E-state index is 9.35. The van der Waals surface area contributed by atoms with E-state index in [1.54, 1.807) is 17.2 Å². The monoisotopic (exact) mass is 396 g/mol. The molecule has 8 heteroatoms. The Bertz CT molecular complexity index is 1220. The molecule has 1 N–H and O–H groups in total. The molecule has 0 aliphatic heterocycles. The molecule has 0 aliphatic rings. The zero-order valence-corrected chi connectivity index (χ0v) is 16.9. The molecular formula is C22H20N8. The second-order valence-corrected chi connectivity index (χ2v) is 6.95. The highest BCUT2D eigenvalue weighted by Gasteiger charge is 2.08. The molecule has 0 fully saturated rings. The molecular weight excluding hydrogens is 376 g/mol. The second-order valence-electron chi connectivity index (χ2n) is 6.95. The van der Waals surface area contributed by atoms with Gasteiger partial charge in [-0.25, -0.2) is 19.6 Å². The summed E-state index contributed by atoms with van der Waals surface area (Å²) in [6.07, 6.45) is 3.38. The molecule has 4 rings (SSSR count). The van der Waals surface area contributed by atoms with Crippen molar-refractivity contribution in [2.75, 3.05) is 24.3 Å². The Morgan fingerprint density at radius 1 is 1.03 bits per heavy atom. The molecule has 2 heterocycles. The van der Waals surface area contributed by atoms with Gasteiger partial charge in [-0.15, -0.1) is 0 Å². The van der Waals surface area contributed by atoms with Crippen molar-refractivity contribution in [2.45, 2.75) is 6.92 Å². The van der Waals surface area contributed by atoms with Crippen molar-refractivity contribution in [3.63, 3.8) is 0 Å². The van der Waals surface area contributed by atoms with Crippen LogP contribution in [0.25, 0.3) is 16.9 Å². The normalized spacial score (nSPS) is 10.5. The summed E-state index contributed by atoms with van der Waals surface area (Å²) in [5.41, 5.74) is 4.90. The van der Waals surface area contributed by atoms with E-state index in [1.807, 2.05) is 74.4 Å². The first-order valence-electron chi connectivity index (χ1n) is 9.33. The molecule has 2 aromatic heterocycles. The minimum atomic E-state index is 0.477. The highest BCUT2D eigenvalue weighted by Crippen LogP contribution is 2.26. The van der Waals surface area contributed by atoms with Gasteiger partial charge in [-0.2, -0.15) is 10.4 Å². The maximum absolute atomic E-state index is 9.35. The number of benzene rings is 2. The minimum absolute atomic E-state index is 0.477. The summed E-state index contributed by atoms with van der Waals surface area (Å²) in [4.78, 5) is 15.0. The molecule has 8 nitrogen and oxygen atoms in total. The highest BCUT2D eigenvalue weighted by atomic mass is 15.3. The molecule has 0 spiro atoms. The summed E-state index contributed by atoms with van der Waals surface area (Å²) in [5, 5.41) is 16.9. The number of nitriles is 1. The fourth-order valence-corrected chi connectivity index (χ4v) is 2.96. The summed E-state index contributed by atoms with van der Waals surface area (Å²) < 4.78 is 1.72. The lowest BCUT2D eigenvalue weighted by atomic mass is 10.1. The van der Waals surface area contributed by atoms with Crippen LogP contribution < -0.4 is 10.2 Å². The van der Waals surface area contributed by atoms with Crippen molar-refractivity contribution in [1.82, 2.24) is 24.7 Å². The summed E-state index contributed by atoms with van der Waals surface area (Å²) in [5.74, 6) is 1.20. The van der Waals surface area contributed by atoms with Crippen LogP contribution in [0.1, 0.15) is 11.4 Å². The number of aromatic nitrogens is 5. The van der Waals surface area contributed by atoms with E-state index in [9.17, 15) is 5.26 Å². The van der Waals surface area contributed by atoms with Crippen LogP contribution in [-0.4, -0.2) is 38.8 Å². The van der Waals surface area contributed by atoms with Crippen molar-refractivity contribution >= 4 is 17.3 Å². The molecule has 2 aromatic carbocycles. The Morgan fingerprint density at radius 3 is 2.50 bits per heavy atom. The Morgan fingerprint density at radius 2 is 1.83 bits per heavy atom. The van der Waals surface area contributed by atoms with Crippen molar-refractivity contribution in [2.24, 2.45) is 0 Å². The molecule has 4 aromatic rings. The summed E-state index contributed by atoms with van der Waals surface area (Å²) in [6.45, 7) is 1.85. The number of anilines is 3. The van der Waals surface area contributed by atoms with Gasteiger partial charge in [-0.1, -0.05) is 0 Å². The molecule has 0 unspecified atom stereocenters. The number of nitrogens with one attached hydrogen (secondary N) is 1. The number of hydrogen-bond donors (Lipinski definition) is 1. The van der Waals surface area contributed by atoms with Gasteiger partial charge in [-0.3, -0.25) is 0 Å². The van der Waals surface area contributed by atoms with E-state index in [2.05, 4.69) is 31.4 Å². The summed E-state index contributed by atoms with van der Waals surface area (Å²) in [6, 6.07) is 17.5. The maximum Gasteiger partial charge on any atom is 0.227 e. The smallest absolute Gasteiger partial charge is 0.227 e. The lowest BCUT2D eigenvalue weighted by molar-refractivity contribution is 0.863. The predicted octanol–water partition coefficient (Wildman–Crippen LogP) is 3.71. The first-order chi connectivity index (χ1) is 14.5. The van der Waals surface area contributed by atoms with Crippen LogP contribution in [0.3, 0.4) is 0 Å². The fourth-order valence-electron chi connectivity index (χ4n) is 2.96. The van der Waals surface area contributed by atoms with E-state index in [1.165, 1.54) is 0 Å². The lowest BCUT2D eigenvalue weighted by Gasteiger charge is -2.14. The minimum Gasteiger partial charge on any atom is -0.378 e. The highest BCUT2D eigenvalue weighted by molar-refractivity contribution is 5.69. The SMILES string of the molecule is Cc1ncn(-c2ccc(Nc3nccc(-c4cc(C#N)cc(N(C)C)c4)n3)cc2)n1. The van der Waals surface area contributed by atoms with E-state index < -0.39 is 0 Å². The van der Waals surface area contributed by atoms with Gasteiger partial charge in [0.1, 0.15) is 12.2 Å². The van der Waals surface area contributed by atoms with Gasteiger partial charge in [0.2, 0.25) is 5.95 Å². The molecule has 0 bridgehead atoms. The Kier molecular flexibility index (Phi) is 5.09. The molecule has 148 valence electrons. The molecule has 0 atom stereocenters. The molecule has 0 saturated carbocycles. The zero-order chi connectivity index (χ0) is 21.1. The van der Waals surface area contributed by atoms with Crippen molar-refractivity contribution in [3.8, 4) is 23.0 Å². The van der Waals surface area contributed by atoms with Crippen LogP contribution in [0, 0.1) is 18.3 Å². The molecule has 0 amide bonds. The molecule has 0 aliphatic carbocycles. The first kappa shape index (κ1) is 19.1. The zero-order valence-electron chi connectivity index (χ0n) is 16.9. The third kappa shape index (κ3) is 4.10. The number of aryl methyl sites for hydroxylation is 1. The molecule has 30 heavy (non-hydrogen) atoms. The fraction of sp³-hybridized carbons (Fsp3) is 0.136.